The average Bonchev–Trinajstić information content (AvgIpc) is 2.70. The summed E-state index contributed by atoms with van der Waals surface area (Å²) >= 11 is 4.38. The number of H-pyrrole nitrogens is 1. The molecule has 2 rings (SSSR count). The molecule has 0 aliphatic rings. The summed E-state index contributed by atoms with van der Waals surface area (Å²) in [7, 11) is 0. The Bertz CT molecular complexity index is 576. The second-order valence-electron chi connectivity index (χ2n) is 4.00. The quantitative estimate of drug-likeness (QED) is 0.626. The summed E-state index contributed by atoms with van der Waals surface area (Å²) in [5, 5.41) is 10.4. The molecular weight excluding hydrogens is 330 g/mol. The van der Waals surface area contributed by atoms with Crippen LogP contribution in [0.25, 0.3) is 0 Å². The predicted octanol–water partition coefficient (Wildman–Crippen LogP) is 2.90. The van der Waals surface area contributed by atoms with Gasteiger partial charge in [-0.3, -0.25) is 9.78 Å². The van der Waals surface area contributed by atoms with Crippen LogP contribution in [0.15, 0.2) is 29.1 Å². The van der Waals surface area contributed by atoms with E-state index >= 15 is 0 Å². The Morgan fingerprint density at radius 1 is 1.32 bits per heavy atom. The number of aromatic amines is 1. The fraction of sp³-hybridized carbons (Fsp3) is 0.308. The molecule has 0 atom stereocenters. The Hall–Kier alpha value is -1.27. The van der Waals surface area contributed by atoms with E-state index in [9.17, 15) is 9.90 Å². The van der Waals surface area contributed by atoms with E-state index in [0.29, 0.717) is 17.9 Å². The largest absolute Gasteiger partial charge is 0.494 e. The van der Waals surface area contributed by atoms with Gasteiger partial charge in [0.25, 0.3) is 0 Å². The molecule has 0 bridgehead atoms. The van der Waals surface area contributed by atoms with Gasteiger partial charge in [0.1, 0.15) is 5.75 Å². The van der Waals surface area contributed by atoms with Crippen LogP contribution in [0.4, 0.5) is 0 Å². The normalized spacial score (nSPS) is 10.6. The number of benzene rings is 1. The lowest BCUT2D eigenvalue weighted by Crippen LogP contribution is -1.97. The summed E-state index contributed by atoms with van der Waals surface area (Å²) < 4.78 is 5.55. The van der Waals surface area contributed by atoms with Crippen molar-refractivity contribution < 1.29 is 9.84 Å². The van der Waals surface area contributed by atoms with E-state index in [-0.39, 0.29) is 10.8 Å². The van der Waals surface area contributed by atoms with Crippen LogP contribution in [0, 0.1) is 0 Å². The lowest BCUT2D eigenvalue weighted by molar-refractivity contribution is 0.319. The number of hydrogen-bond acceptors (Lipinski definition) is 4. The van der Waals surface area contributed by atoms with Gasteiger partial charge in [-0.1, -0.05) is 39.4 Å². The zero-order valence-corrected chi connectivity index (χ0v) is 12.6. The Balaban J connectivity index is 1.98. The molecule has 0 aliphatic carbocycles. The molecule has 2 aromatic rings. The lowest BCUT2D eigenvalue weighted by Gasteiger charge is -2.06. The third kappa shape index (κ3) is 4.11. The molecule has 0 amide bonds. The van der Waals surface area contributed by atoms with Gasteiger partial charge >= 0.3 is 4.87 Å². The number of ether oxygens (including phenoxy) is 1. The molecule has 0 aliphatic heterocycles. The van der Waals surface area contributed by atoms with Gasteiger partial charge in [0.2, 0.25) is 5.88 Å². The van der Waals surface area contributed by atoms with E-state index in [2.05, 4.69) is 20.9 Å². The molecule has 0 saturated carbocycles. The van der Waals surface area contributed by atoms with Crippen LogP contribution in [0.1, 0.15) is 16.9 Å². The Morgan fingerprint density at radius 2 is 2.05 bits per heavy atom. The minimum Gasteiger partial charge on any atom is -0.494 e. The standard InChI is InChI=1S/C13H14BrNO3S/c14-6-1-7-18-10-4-2-9(3-5-10)8-11-12(16)15-13(17)19-11/h2-5,16H,1,6-8H2,(H,15,17). The van der Waals surface area contributed by atoms with Crippen LogP contribution in [0.2, 0.25) is 0 Å². The highest BCUT2D eigenvalue weighted by Crippen LogP contribution is 2.21. The van der Waals surface area contributed by atoms with Crippen LogP contribution in [0.5, 0.6) is 11.6 Å². The molecule has 4 nitrogen and oxygen atoms in total. The van der Waals surface area contributed by atoms with E-state index in [1.54, 1.807) is 0 Å². The summed E-state index contributed by atoms with van der Waals surface area (Å²) in [6.45, 7) is 0.685. The average molecular weight is 344 g/mol. The first kappa shape index (κ1) is 14.1. The van der Waals surface area contributed by atoms with E-state index in [1.165, 1.54) is 0 Å². The second kappa shape index (κ2) is 6.77. The molecule has 0 saturated heterocycles. The smallest absolute Gasteiger partial charge is 0.307 e. The Kier molecular flexibility index (Phi) is 5.04. The summed E-state index contributed by atoms with van der Waals surface area (Å²) in [6, 6.07) is 7.67. The van der Waals surface area contributed by atoms with E-state index in [4.69, 9.17) is 4.74 Å². The molecule has 1 heterocycles. The van der Waals surface area contributed by atoms with Crippen molar-refractivity contribution in [1.82, 2.24) is 4.98 Å². The summed E-state index contributed by atoms with van der Waals surface area (Å²) in [6.07, 6.45) is 1.50. The molecule has 102 valence electrons. The fourth-order valence-electron chi connectivity index (χ4n) is 1.61. The number of rotatable bonds is 6. The summed E-state index contributed by atoms with van der Waals surface area (Å²) in [4.78, 5) is 13.9. The van der Waals surface area contributed by atoms with Crippen LogP contribution >= 0.6 is 27.3 Å². The first-order chi connectivity index (χ1) is 9.19. The lowest BCUT2D eigenvalue weighted by atomic mass is 10.1. The number of thiazole rings is 1. The van der Waals surface area contributed by atoms with Crippen LogP contribution in [-0.2, 0) is 6.42 Å². The number of hydrogen-bond donors (Lipinski definition) is 2. The molecule has 2 N–H and O–H groups in total. The van der Waals surface area contributed by atoms with Crippen molar-refractivity contribution in [3.05, 3.63) is 44.4 Å². The molecule has 6 heteroatoms. The van der Waals surface area contributed by atoms with Crippen LogP contribution in [-0.4, -0.2) is 22.0 Å². The van der Waals surface area contributed by atoms with E-state index < -0.39 is 0 Å². The summed E-state index contributed by atoms with van der Waals surface area (Å²) in [5.41, 5.74) is 1.03. The van der Waals surface area contributed by atoms with Gasteiger partial charge < -0.3 is 9.84 Å². The maximum absolute atomic E-state index is 11.1. The number of nitrogens with one attached hydrogen (secondary N) is 1. The van der Waals surface area contributed by atoms with Crippen molar-refractivity contribution in [3.63, 3.8) is 0 Å². The van der Waals surface area contributed by atoms with Crippen molar-refractivity contribution in [3.8, 4) is 11.6 Å². The highest BCUT2D eigenvalue weighted by Gasteiger charge is 2.07. The Labute approximate surface area is 123 Å². The molecule has 0 spiro atoms. The second-order valence-corrected chi connectivity index (χ2v) is 5.86. The van der Waals surface area contributed by atoms with E-state index in [0.717, 1.165) is 34.4 Å². The van der Waals surface area contributed by atoms with Gasteiger partial charge in [0.05, 0.1) is 11.5 Å². The van der Waals surface area contributed by atoms with E-state index in [1.807, 2.05) is 24.3 Å². The first-order valence-corrected chi connectivity index (χ1v) is 7.81. The molecule has 0 fully saturated rings. The van der Waals surface area contributed by atoms with Gasteiger partial charge in [-0.25, -0.2) is 0 Å². The highest BCUT2D eigenvalue weighted by molar-refractivity contribution is 9.09. The van der Waals surface area contributed by atoms with Crippen molar-refractivity contribution >= 4 is 27.3 Å². The van der Waals surface area contributed by atoms with Gasteiger partial charge in [0, 0.05) is 11.8 Å². The Morgan fingerprint density at radius 3 is 2.63 bits per heavy atom. The van der Waals surface area contributed by atoms with Gasteiger partial charge in [-0.2, -0.15) is 0 Å². The third-order valence-electron chi connectivity index (χ3n) is 2.54. The molecule has 0 radical (unpaired) electrons. The molecular formula is C13H14BrNO3S. The minimum atomic E-state index is -0.234. The van der Waals surface area contributed by atoms with Gasteiger partial charge in [0.15, 0.2) is 0 Å². The van der Waals surface area contributed by atoms with Gasteiger partial charge in [-0.05, 0) is 24.1 Å². The summed E-state index contributed by atoms with van der Waals surface area (Å²) in [5.74, 6) is 0.795. The number of aromatic nitrogens is 1. The zero-order chi connectivity index (χ0) is 13.7. The third-order valence-corrected chi connectivity index (χ3v) is 3.97. The van der Waals surface area contributed by atoms with Crippen molar-refractivity contribution in [1.29, 1.82) is 0 Å². The number of aromatic hydroxyl groups is 1. The SMILES string of the molecule is O=c1[nH]c(O)c(Cc2ccc(OCCCBr)cc2)s1. The molecule has 1 aromatic heterocycles. The van der Waals surface area contributed by atoms with Crippen LogP contribution in [0.3, 0.4) is 0 Å². The molecule has 1 aromatic carbocycles. The minimum absolute atomic E-state index is 0.0346. The first-order valence-electron chi connectivity index (χ1n) is 5.87. The van der Waals surface area contributed by atoms with Crippen LogP contribution < -0.4 is 9.61 Å². The topological polar surface area (TPSA) is 62.3 Å². The fourth-order valence-corrected chi connectivity index (χ4v) is 2.59. The molecule has 19 heavy (non-hydrogen) atoms. The van der Waals surface area contributed by atoms with Gasteiger partial charge in [-0.15, -0.1) is 0 Å². The number of alkyl halides is 1. The zero-order valence-electron chi connectivity index (χ0n) is 10.2. The highest BCUT2D eigenvalue weighted by atomic mass is 79.9. The number of halogens is 1. The van der Waals surface area contributed by atoms with Crippen molar-refractivity contribution in [2.75, 3.05) is 11.9 Å². The van der Waals surface area contributed by atoms with Crippen molar-refractivity contribution in [2.24, 2.45) is 0 Å². The molecule has 0 unspecified atom stereocenters. The predicted molar refractivity (Wildman–Crippen MR) is 79.8 cm³/mol. The monoisotopic (exact) mass is 343 g/mol. The maximum Gasteiger partial charge on any atom is 0.307 e. The van der Waals surface area contributed by atoms with Crippen molar-refractivity contribution in [2.45, 2.75) is 12.8 Å². The maximum atomic E-state index is 11.1.